The van der Waals surface area contributed by atoms with Crippen molar-refractivity contribution in [2.24, 2.45) is 0 Å². The van der Waals surface area contributed by atoms with Crippen LogP contribution in [0.3, 0.4) is 0 Å². The smallest absolute Gasteiger partial charge is 0.341 e. The number of H-pyrrole nitrogens is 2. The van der Waals surface area contributed by atoms with Crippen molar-refractivity contribution in [1.29, 1.82) is 0 Å². The van der Waals surface area contributed by atoms with Crippen LogP contribution in [0.4, 0.5) is 0 Å². The lowest BCUT2D eigenvalue weighted by Crippen LogP contribution is -2.27. The van der Waals surface area contributed by atoms with Crippen LogP contribution in [-0.2, 0) is 12.8 Å². The molecule has 104 valence electrons. The van der Waals surface area contributed by atoms with Gasteiger partial charge in [-0.05, 0) is 23.6 Å². The molecule has 0 spiro atoms. The summed E-state index contributed by atoms with van der Waals surface area (Å²) in [5.41, 5.74) is 1.87. The van der Waals surface area contributed by atoms with E-state index in [9.17, 15) is 9.59 Å². The van der Waals surface area contributed by atoms with Gasteiger partial charge in [-0.25, -0.2) is 9.89 Å². The number of hydrogen-bond acceptors (Lipinski definition) is 4. The summed E-state index contributed by atoms with van der Waals surface area (Å²) in [6, 6.07) is 6.06. The Hall–Kier alpha value is -2.57. The summed E-state index contributed by atoms with van der Waals surface area (Å²) in [6.07, 6.45) is 1.65. The van der Waals surface area contributed by atoms with Crippen LogP contribution in [0.1, 0.15) is 21.7 Å². The standard InChI is InChI=1S/C13H14N4O3/c18-12(11-15-13(19)17-16-11)14-5-3-8-1-2-10-9(7-8)4-6-20-10/h1-2,7H,3-6H2,(H,14,18)(H2,15,16,17,19). The van der Waals surface area contributed by atoms with Crippen LogP contribution in [0.2, 0.25) is 0 Å². The van der Waals surface area contributed by atoms with Crippen LogP contribution >= 0.6 is 0 Å². The van der Waals surface area contributed by atoms with E-state index in [4.69, 9.17) is 4.74 Å². The zero-order chi connectivity index (χ0) is 13.9. The number of rotatable bonds is 4. The molecule has 0 saturated carbocycles. The van der Waals surface area contributed by atoms with Gasteiger partial charge in [0.15, 0.2) is 0 Å². The summed E-state index contributed by atoms with van der Waals surface area (Å²) in [4.78, 5) is 24.8. The van der Waals surface area contributed by atoms with E-state index in [1.54, 1.807) is 0 Å². The maximum absolute atomic E-state index is 11.7. The van der Waals surface area contributed by atoms with E-state index >= 15 is 0 Å². The van der Waals surface area contributed by atoms with Crippen LogP contribution in [0.15, 0.2) is 23.0 Å². The van der Waals surface area contributed by atoms with Crippen molar-refractivity contribution in [3.8, 4) is 5.75 Å². The Labute approximate surface area is 114 Å². The van der Waals surface area contributed by atoms with Gasteiger partial charge >= 0.3 is 5.69 Å². The molecule has 1 aromatic carbocycles. The molecule has 1 amide bonds. The Morgan fingerprint density at radius 3 is 3.15 bits per heavy atom. The van der Waals surface area contributed by atoms with Crippen molar-refractivity contribution < 1.29 is 9.53 Å². The molecule has 2 heterocycles. The van der Waals surface area contributed by atoms with Crippen LogP contribution in [0.5, 0.6) is 5.75 Å². The molecule has 3 rings (SSSR count). The number of aromatic amines is 2. The largest absolute Gasteiger partial charge is 0.493 e. The fourth-order valence-corrected chi connectivity index (χ4v) is 2.18. The second kappa shape index (κ2) is 5.20. The molecule has 0 fully saturated rings. The molecular formula is C13H14N4O3. The van der Waals surface area contributed by atoms with Gasteiger partial charge in [-0.2, -0.15) is 0 Å². The fourth-order valence-electron chi connectivity index (χ4n) is 2.18. The first-order valence-corrected chi connectivity index (χ1v) is 6.40. The number of nitrogens with zero attached hydrogens (tertiary/aromatic N) is 1. The highest BCUT2D eigenvalue weighted by molar-refractivity contribution is 5.90. The third kappa shape index (κ3) is 2.56. The Kier molecular flexibility index (Phi) is 3.24. The summed E-state index contributed by atoms with van der Waals surface area (Å²) in [7, 11) is 0. The van der Waals surface area contributed by atoms with E-state index in [2.05, 4.69) is 26.6 Å². The van der Waals surface area contributed by atoms with Gasteiger partial charge in [0.25, 0.3) is 5.91 Å². The molecule has 1 aliphatic rings. The average molecular weight is 274 g/mol. The van der Waals surface area contributed by atoms with E-state index in [1.165, 1.54) is 5.56 Å². The van der Waals surface area contributed by atoms with Crippen LogP contribution in [0, 0.1) is 0 Å². The van der Waals surface area contributed by atoms with Gasteiger partial charge < -0.3 is 10.1 Å². The van der Waals surface area contributed by atoms with Crippen molar-refractivity contribution in [2.75, 3.05) is 13.2 Å². The molecule has 20 heavy (non-hydrogen) atoms. The second-order valence-electron chi connectivity index (χ2n) is 4.57. The van der Waals surface area contributed by atoms with Crippen LogP contribution < -0.4 is 15.7 Å². The number of hydrogen-bond donors (Lipinski definition) is 3. The first kappa shape index (κ1) is 12.5. The molecule has 7 nitrogen and oxygen atoms in total. The SMILES string of the molecule is O=C(NCCc1ccc2c(c1)CCO2)c1n[nH]c(=O)[nH]1. The van der Waals surface area contributed by atoms with E-state index < -0.39 is 11.6 Å². The molecule has 0 aliphatic carbocycles. The molecule has 0 atom stereocenters. The van der Waals surface area contributed by atoms with Gasteiger partial charge in [0.2, 0.25) is 5.82 Å². The third-order valence-corrected chi connectivity index (χ3v) is 3.17. The molecule has 2 aromatic rings. The topological polar surface area (TPSA) is 99.9 Å². The van der Waals surface area contributed by atoms with Gasteiger partial charge in [-0.3, -0.25) is 9.78 Å². The lowest BCUT2D eigenvalue weighted by Gasteiger charge is -2.05. The lowest BCUT2D eigenvalue weighted by molar-refractivity contribution is 0.0944. The van der Waals surface area contributed by atoms with Crippen molar-refractivity contribution >= 4 is 5.91 Å². The monoisotopic (exact) mass is 274 g/mol. The first-order chi connectivity index (χ1) is 9.72. The molecule has 1 aromatic heterocycles. The summed E-state index contributed by atoms with van der Waals surface area (Å²) in [5, 5.41) is 8.42. The molecule has 0 bridgehead atoms. The molecule has 0 unspecified atom stereocenters. The second-order valence-corrected chi connectivity index (χ2v) is 4.57. The number of ether oxygens (including phenoxy) is 1. The molecular weight excluding hydrogens is 260 g/mol. The van der Waals surface area contributed by atoms with Crippen LogP contribution in [-0.4, -0.2) is 34.2 Å². The number of carbonyl (C=O) groups excluding carboxylic acids is 1. The molecule has 0 saturated heterocycles. The number of carbonyl (C=O) groups is 1. The maximum Gasteiger partial charge on any atom is 0.341 e. The minimum Gasteiger partial charge on any atom is -0.493 e. The van der Waals surface area contributed by atoms with Gasteiger partial charge in [0.1, 0.15) is 5.75 Å². The fraction of sp³-hybridized carbons (Fsp3) is 0.308. The zero-order valence-electron chi connectivity index (χ0n) is 10.7. The normalized spacial score (nSPS) is 12.8. The Morgan fingerprint density at radius 2 is 2.35 bits per heavy atom. The van der Waals surface area contributed by atoms with Crippen molar-refractivity contribution in [1.82, 2.24) is 20.5 Å². The van der Waals surface area contributed by atoms with Crippen molar-refractivity contribution in [3.63, 3.8) is 0 Å². The highest BCUT2D eigenvalue weighted by Crippen LogP contribution is 2.25. The van der Waals surface area contributed by atoms with E-state index in [0.29, 0.717) is 13.0 Å². The molecule has 3 N–H and O–H groups in total. The van der Waals surface area contributed by atoms with Gasteiger partial charge in [0, 0.05) is 13.0 Å². The minimum atomic E-state index is -0.492. The number of fused-ring (bicyclic) bond motifs is 1. The summed E-state index contributed by atoms with van der Waals surface area (Å²) >= 11 is 0. The van der Waals surface area contributed by atoms with E-state index in [-0.39, 0.29) is 5.82 Å². The Bertz CT molecular complexity index is 689. The van der Waals surface area contributed by atoms with Gasteiger partial charge in [0.05, 0.1) is 6.61 Å². The lowest BCUT2D eigenvalue weighted by atomic mass is 10.1. The number of nitrogens with one attached hydrogen (secondary N) is 3. The van der Waals surface area contributed by atoms with Gasteiger partial charge in [-0.1, -0.05) is 12.1 Å². The van der Waals surface area contributed by atoms with Gasteiger partial charge in [-0.15, -0.1) is 5.10 Å². The maximum atomic E-state index is 11.7. The van der Waals surface area contributed by atoms with E-state index in [1.807, 2.05) is 12.1 Å². The summed E-state index contributed by atoms with van der Waals surface area (Å²) in [5.74, 6) is 0.553. The predicted octanol–water partition coefficient (Wildman–Crippen LogP) is 0.00540. The third-order valence-electron chi connectivity index (χ3n) is 3.17. The highest BCUT2D eigenvalue weighted by atomic mass is 16.5. The minimum absolute atomic E-state index is 0.00245. The summed E-state index contributed by atoms with van der Waals surface area (Å²) < 4.78 is 5.44. The highest BCUT2D eigenvalue weighted by Gasteiger charge is 2.12. The Balaban J connectivity index is 1.55. The van der Waals surface area contributed by atoms with Crippen LogP contribution in [0.25, 0.3) is 0 Å². The Morgan fingerprint density at radius 1 is 1.45 bits per heavy atom. The van der Waals surface area contributed by atoms with Crippen molar-refractivity contribution in [3.05, 3.63) is 45.6 Å². The zero-order valence-corrected chi connectivity index (χ0v) is 10.7. The van der Waals surface area contributed by atoms with Crippen molar-refractivity contribution in [2.45, 2.75) is 12.8 Å². The number of aromatic nitrogens is 3. The summed E-state index contributed by atoms with van der Waals surface area (Å²) in [6.45, 7) is 1.22. The average Bonchev–Trinajstić information content (AvgIpc) is 3.06. The molecule has 0 radical (unpaired) electrons. The molecule has 7 heteroatoms. The first-order valence-electron chi connectivity index (χ1n) is 6.40. The number of benzene rings is 1. The quantitative estimate of drug-likeness (QED) is 0.731. The van der Waals surface area contributed by atoms with E-state index in [0.717, 1.165) is 24.3 Å². The molecule has 1 aliphatic heterocycles. The number of amides is 1. The predicted molar refractivity (Wildman–Crippen MR) is 70.9 cm³/mol.